The molecule has 0 spiro atoms. The van der Waals surface area contributed by atoms with Crippen molar-refractivity contribution in [2.75, 3.05) is 0 Å². The first kappa shape index (κ1) is 18.2. The van der Waals surface area contributed by atoms with Gasteiger partial charge >= 0.3 is 5.97 Å². The van der Waals surface area contributed by atoms with Gasteiger partial charge in [-0.05, 0) is 18.4 Å². The predicted molar refractivity (Wildman–Crippen MR) is 93.3 cm³/mol. The number of nitrogens with zero attached hydrogens (tertiary/aromatic N) is 1. The Kier molecular flexibility index (Phi) is 7.45. The third-order valence-electron chi connectivity index (χ3n) is 3.96. The van der Waals surface area contributed by atoms with E-state index in [0.29, 0.717) is 6.42 Å². The van der Waals surface area contributed by atoms with Crippen LogP contribution in [0.3, 0.4) is 0 Å². The summed E-state index contributed by atoms with van der Waals surface area (Å²) < 4.78 is 0. The van der Waals surface area contributed by atoms with Crippen molar-refractivity contribution in [3.8, 4) is 0 Å². The van der Waals surface area contributed by atoms with Gasteiger partial charge < -0.3 is 10.1 Å². The van der Waals surface area contributed by atoms with Gasteiger partial charge in [0, 0.05) is 12.4 Å². The molecule has 1 aromatic heterocycles. The second kappa shape index (κ2) is 9.85. The Hall–Kier alpha value is -2.18. The zero-order chi connectivity index (χ0) is 17.2. The van der Waals surface area contributed by atoms with E-state index in [-0.39, 0.29) is 6.04 Å². The molecule has 0 fully saturated rings. The molecule has 0 aliphatic heterocycles. The first-order valence-electron chi connectivity index (χ1n) is 8.47. The first-order valence-corrected chi connectivity index (χ1v) is 8.47. The highest BCUT2D eigenvalue weighted by atomic mass is 16.4. The first-order chi connectivity index (χ1) is 11.7. The van der Waals surface area contributed by atoms with E-state index in [1.807, 2.05) is 30.3 Å². The third-order valence-corrected chi connectivity index (χ3v) is 3.96. The maximum Gasteiger partial charge on any atom is 0.322 e. The zero-order valence-corrected chi connectivity index (χ0v) is 14.0. The minimum Gasteiger partial charge on any atom is -0.480 e. The molecule has 6 nitrogen and oxygen atoms in total. The van der Waals surface area contributed by atoms with Gasteiger partial charge in [-0.1, -0.05) is 56.5 Å². The number of hydrogen-bond acceptors (Lipinski definition) is 4. The van der Waals surface area contributed by atoms with Crippen molar-refractivity contribution in [1.29, 1.82) is 0 Å². The SMILES string of the molecule is CCCCCC(NNC(Cc1ccccc1)C(=O)O)c1ncc[nH]1. The number of aromatic amines is 1. The number of hydrazine groups is 1. The van der Waals surface area contributed by atoms with Crippen LogP contribution in [0.4, 0.5) is 0 Å². The minimum absolute atomic E-state index is 0.0378. The van der Waals surface area contributed by atoms with Gasteiger partial charge in [0.25, 0.3) is 0 Å². The van der Waals surface area contributed by atoms with E-state index >= 15 is 0 Å². The van der Waals surface area contributed by atoms with Crippen LogP contribution < -0.4 is 10.9 Å². The number of hydrogen-bond donors (Lipinski definition) is 4. The number of H-pyrrole nitrogens is 1. The molecule has 4 N–H and O–H groups in total. The molecule has 0 aliphatic carbocycles. The molecule has 2 unspecified atom stereocenters. The highest BCUT2D eigenvalue weighted by Crippen LogP contribution is 2.16. The molecule has 2 aromatic rings. The molecular formula is C18H26N4O2. The van der Waals surface area contributed by atoms with Crippen LogP contribution in [0.15, 0.2) is 42.7 Å². The fraction of sp³-hybridized carbons (Fsp3) is 0.444. The van der Waals surface area contributed by atoms with Crippen molar-refractivity contribution in [2.24, 2.45) is 0 Å². The van der Waals surface area contributed by atoms with Gasteiger partial charge in [0.1, 0.15) is 11.9 Å². The fourth-order valence-electron chi connectivity index (χ4n) is 2.59. The number of imidazole rings is 1. The number of nitrogens with one attached hydrogen (secondary N) is 3. The highest BCUT2D eigenvalue weighted by Gasteiger charge is 2.20. The summed E-state index contributed by atoms with van der Waals surface area (Å²) in [4.78, 5) is 18.9. The third kappa shape index (κ3) is 5.79. The fourth-order valence-corrected chi connectivity index (χ4v) is 2.59. The molecule has 0 amide bonds. The molecule has 1 heterocycles. The average Bonchev–Trinajstić information content (AvgIpc) is 3.12. The zero-order valence-electron chi connectivity index (χ0n) is 14.0. The van der Waals surface area contributed by atoms with Crippen molar-refractivity contribution >= 4 is 5.97 Å². The minimum atomic E-state index is -0.877. The summed E-state index contributed by atoms with van der Waals surface area (Å²) in [6, 6.07) is 8.88. The molecule has 0 saturated carbocycles. The van der Waals surface area contributed by atoms with Crippen LogP contribution in [-0.4, -0.2) is 27.1 Å². The smallest absolute Gasteiger partial charge is 0.322 e. The van der Waals surface area contributed by atoms with Gasteiger partial charge in [-0.3, -0.25) is 4.79 Å². The molecule has 6 heteroatoms. The second-order valence-corrected chi connectivity index (χ2v) is 5.89. The average molecular weight is 330 g/mol. The van der Waals surface area contributed by atoms with E-state index in [1.54, 1.807) is 12.4 Å². The number of aromatic nitrogens is 2. The van der Waals surface area contributed by atoms with Crippen molar-refractivity contribution < 1.29 is 9.90 Å². The van der Waals surface area contributed by atoms with E-state index < -0.39 is 12.0 Å². The molecule has 0 saturated heterocycles. The number of aliphatic carboxylic acids is 1. The number of rotatable bonds is 11. The van der Waals surface area contributed by atoms with E-state index in [1.165, 1.54) is 0 Å². The lowest BCUT2D eigenvalue weighted by molar-refractivity contribution is -0.139. The van der Waals surface area contributed by atoms with Crippen LogP contribution >= 0.6 is 0 Å². The molecule has 1 aromatic carbocycles. The van der Waals surface area contributed by atoms with E-state index in [4.69, 9.17) is 0 Å². The lowest BCUT2D eigenvalue weighted by Gasteiger charge is -2.21. The monoisotopic (exact) mass is 330 g/mol. The molecule has 24 heavy (non-hydrogen) atoms. The van der Waals surface area contributed by atoms with Crippen molar-refractivity contribution in [1.82, 2.24) is 20.8 Å². The Morgan fingerprint density at radius 3 is 2.67 bits per heavy atom. The second-order valence-electron chi connectivity index (χ2n) is 5.89. The van der Waals surface area contributed by atoms with Crippen molar-refractivity contribution in [3.05, 3.63) is 54.1 Å². The van der Waals surface area contributed by atoms with Gasteiger partial charge in [-0.15, -0.1) is 0 Å². The quantitative estimate of drug-likeness (QED) is 0.376. The van der Waals surface area contributed by atoms with Crippen LogP contribution in [0.1, 0.15) is 50.0 Å². The van der Waals surface area contributed by atoms with Gasteiger partial charge in [-0.2, -0.15) is 0 Å². The molecule has 0 bridgehead atoms. The summed E-state index contributed by atoms with van der Waals surface area (Å²) in [6.45, 7) is 2.16. The normalized spacial score (nSPS) is 13.5. The van der Waals surface area contributed by atoms with Crippen molar-refractivity contribution in [3.63, 3.8) is 0 Å². The summed E-state index contributed by atoms with van der Waals surface area (Å²) in [5.41, 5.74) is 7.12. The number of carboxylic acid groups (broad SMARTS) is 1. The number of unbranched alkanes of at least 4 members (excludes halogenated alkanes) is 2. The summed E-state index contributed by atoms with van der Waals surface area (Å²) in [5.74, 6) is -0.0550. The van der Waals surface area contributed by atoms with Crippen LogP contribution in [-0.2, 0) is 11.2 Å². The van der Waals surface area contributed by atoms with Gasteiger partial charge in [-0.25, -0.2) is 15.8 Å². The summed E-state index contributed by atoms with van der Waals surface area (Å²) in [7, 11) is 0. The number of carboxylic acids is 1. The number of carbonyl (C=O) groups is 1. The largest absolute Gasteiger partial charge is 0.480 e. The maximum atomic E-state index is 11.5. The standard InChI is InChI=1S/C18H26N4O2/c1-2-3-5-10-15(17-19-11-12-20-17)21-22-16(18(23)24)13-14-8-6-4-7-9-14/h4,6-9,11-12,15-16,21-22H,2-3,5,10,13H2,1H3,(H,19,20)(H,23,24). The Balaban J connectivity index is 1.95. The van der Waals surface area contributed by atoms with Crippen LogP contribution in [0.25, 0.3) is 0 Å². The Bertz CT molecular complexity index is 586. The summed E-state index contributed by atoms with van der Waals surface area (Å²) in [5, 5.41) is 9.47. The Labute approximate surface area is 142 Å². The predicted octanol–water partition coefficient (Wildman–Crippen LogP) is 2.82. The van der Waals surface area contributed by atoms with Crippen LogP contribution in [0.2, 0.25) is 0 Å². The lowest BCUT2D eigenvalue weighted by atomic mass is 10.1. The van der Waals surface area contributed by atoms with Crippen LogP contribution in [0.5, 0.6) is 0 Å². The molecule has 0 aliphatic rings. The Morgan fingerprint density at radius 2 is 2.04 bits per heavy atom. The van der Waals surface area contributed by atoms with E-state index in [2.05, 4.69) is 27.7 Å². The molecule has 2 atom stereocenters. The molecule has 130 valence electrons. The molecular weight excluding hydrogens is 304 g/mol. The maximum absolute atomic E-state index is 11.5. The highest BCUT2D eigenvalue weighted by molar-refractivity contribution is 5.73. The van der Waals surface area contributed by atoms with Gasteiger partial charge in [0.15, 0.2) is 0 Å². The Morgan fingerprint density at radius 1 is 1.25 bits per heavy atom. The summed E-state index contributed by atoms with van der Waals surface area (Å²) in [6.07, 6.45) is 8.16. The molecule has 0 radical (unpaired) electrons. The molecule has 2 rings (SSSR count). The van der Waals surface area contributed by atoms with Gasteiger partial charge in [0.05, 0.1) is 6.04 Å². The van der Waals surface area contributed by atoms with E-state index in [9.17, 15) is 9.90 Å². The number of benzene rings is 1. The topological polar surface area (TPSA) is 90.0 Å². The summed E-state index contributed by atoms with van der Waals surface area (Å²) >= 11 is 0. The van der Waals surface area contributed by atoms with E-state index in [0.717, 1.165) is 37.1 Å². The lowest BCUT2D eigenvalue weighted by Crippen LogP contribution is -2.48. The van der Waals surface area contributed by atoms with Crippen molar-refractivity contribution in [2.45, 2.75) is 51.1 Å². The van der Waals surface area contributed by atoms with Gasteiger partial charge in [0.2, 0.25) is 0 Å². The van der Waals surface area contributed by atoms with Crippen LogP contribution in [0, 0.1) is 0 Å².